The Morgan fingerprint density at radius 2 is 0.920 bits per heavy atom. The van der Waals surface area contributed by atoms with Gasteiger partial charge in [-0.2, -0.15) is 0 Å². The zero-order chi connectivity index (χ0) is 38.8. The molecule has 0 radical (unpaired) electrons. The van der Waals surface area contributed by atoms with E-state index in [0.29, 0.717) is 0 Å². The highest BCUT2D eigenvalue weighted by atomic mass is 28.4. The summed E-state index contributed by atoms with van der Waals surface area (Å²) in [5.41, 5.74) is 0. The van der Waals surface area contributed by atoms with Gasteiger partial charge in [0.1, 0.15) is 24.8 Å². The van der Waals surface area contributed by atoms with Crippen LogP contribution in [0, 0.1) is 35.5 Å². The monoisotopic (exact) mass is 732 g/mol. The molecule has 1 heterocycles. The van der Waals surface area contributed by atoms with Crippen molar-refractivity contribution in [3.05, 3.63) is 48.6 Å². The summed E-state index contributed by atoms with van der Waals surface area (Å²) in [6.45, 7) is 33.0. The molecule has 0 aliphatic carbocycles. The summed E-state index contributed by atoms with van der Waals surface area (Å²) in [6, 6.07) is 0. The summed E-state index contributed by atoms with van der Waals surface area (Å²) in [6.07, 6.45) is 12.9. The lowest BCUT2D eigenvalue weighted by Gasteiger charge is -2.43. The Labute approximate surface area is 305 Å². The maximum atomic E-state index is 13.3. The average molecular weight is 733 g/mol. The van der Waals surface area contributed by atoms with Crippen molar-refractivity contribution in [1.82, 2.24) is 0 Å². The quantitative estimate of drug-likeness (QED) is 0.111. The molecule has 0 N–H and O–H groups in total. The van der Waals surface area contributed by atoms with Crippen LogP contribution in [0.5, 0.6) is 0 Å². The molecule has 0 aromatic rings. The van der Waals surface area contributed by atoms with E-state index in [4.69, 9.17) is 18.3 Å². The Balaban J connectivity index is 3.53. The predicted molar refractivity (Wildman–Crippen MR) is 208 cm³/mol. The molecule has 0 saturated carbocycles. The van der Waals surface area contributed by atoms with Crippen molar-refractivity contribution in [1.29, 1.82) is 0 Å². The highest BCUT2D eigenvalue weighted by molar-refractivity contribution is 6.74. The molecule has 1 aliphatic heterocycles. The molecule has 0 saturated heterocycles. The normalized spacial score (nSPS) is 28.1. The smallest absolute Gasteiger partial charge is 0.331 e. The van der Waals surface area contributed by atoms with Crippen LogP contribution in [0.1, 0.15) is 83.1 Å². The van der Waals surface area contributed by atoms with E-state index in [1.165, 1.54) is 12.2 Å². The summed E-state index contributed by atoms with van der Waals surface area (Å²) in [7, 11) is -4.56. The average Bonchev–Trinajstić information content (AvgIpc) is 3.01. The fourth-order valence-electron chi connectivity index (χ4n) is 5.65. The molecule has 1 aliphatic rings. The lowest BCUT2D eigenvalue weighted by molar-refractivity contribution is -0.152. The van der Waals surface area contributed by atoms with Crippen LogP contribution in [0.3, 0.4) is 0 Å². The van der Waals surface area contributed by atoms with Crippen LogP contribution in [0.15, 0.2) is 48.6 Å². The molecular formula is C40H68O8Si2. The molecule has 0 unspecified atom stereocenters. The van der Waals surface area contributed by atoms with E-state index >= 15 is 0 Å². The molecule has 10 heteroatoms. The van der Waals surface area contributed by atoms with E-state index in [1.54, 1.807) is 24.3 Å². The van der Waals surface area contributed by atoms with Gasteiger partial charge in [0.15, 0.2) is 16.6 Å². The first-order valence-electron chi connectivity index (χ1n) is 18.2. The molecule has 50 heavy (non-hydrogen) atoms. The van der Waals surface area contributed by atoms with Crippen molar-refractivity contribution in [2.24, 2.45) is 35.5 Å². The summed E-state index contributed by atoms with van der Waals surface area (Å²) in [4.78, 5) is 50.7. The van der Waals surface area contributed by atoms with Gasteiger partial charge in [-0.1, -0.05) is 120 Å². The van der Waals surface area contributed by atoms with E-state index in [-0.39, 0.29) is 33.7 Å². The fraction of sp³-hybridized carbons (Fsp3) is 0.700. The van der Waals surface area contributed by atoms with Crippen LogP contribution in [0.4, 0.5) is 0 Å². The second-order valence-corrected chi connectivity index (χ2v) is 26.9. The van der Waals surface area contributed by atoms with Crippen LogP contribution in [-0.4, -0.2) is 65.6 Å². The summed E-state index contributed by atoms with van der Waals surface area (Å²) in [5.74, 6) is -3.04. The Kier molecular flexibility index (Phi) is 17.2. The van der Waals surface area contributed by atoms with Gasteiger partial charge in [-0.25, -0.2) is 9.59 Å². The molecule has 0 aromatic heterocycles. The number of carbonyl (C=O) groups excluding carboxylic acids is 4. The third kappa shape index (κ3) is 13.0. The molecular weight excluding hydrogens is 665 g/mol. The minimum Gasteiger partial charge on any atom is -0.458 e. The van der Waals surface area contributed by atoms with Crippen LogP contribution in [0.25, 0.3) is 0 Å². The van der Waals surface area contributed by atoms with Gasteiger partial charge >= 0.3 is 11.9 Å². The number of carbonyl (C=O) groups is 4. The topological polar surface area (TPSA) is 105 Å². The van der Waals surface area contributed by atoms with Crippen LogP contribution in [-0.2, 0) is 37.5 Å². The Morgan fingerprint density at radius 3 is 1.18 bits per heavy atom. The summed E-state index contributed by atoms with van der Waals surface area (Å²) in [5, 5.41) is -0.159. The molecule has 0 bridgehead atoms. The van der Waals surface area contributed by atoms with Gasteiger partial charge in [0, 0.05) is 47.7 Å². The highest BCUT2D eigenvalue weighted by Gasteiger charge is 2.45. The number of esters is 2. The van der Waals surface area contributed by atoms with Gasteiger partial charge < -0.3 is 27.9 Å². The largest absolute Gasteiger partial charge is 0.458 e. The van der Waals surface area contributed by atoms with Crippen molar-refractivity contribution in [3.63, 3.8) is 0 Å². The van der Waals surface area contributed by atoms with Gasteiger partial charge in [-0.05, 0) is 36.3 Å². The molecule has 0 fully saturated rings. The minimum atomic E-state index is -2.28. The molecule has 284 valence electrons. The van der Waals surface area contributed by atoms with Gasteiger partial charge in [-0.15, -0.1) is 0 Å². The molecule has 0 amide bonds. The Hall–Kier alpha value is -2.41. The second kappa shape index (κ2) is 18.9. The van der Waals surface area contributed by atoms with Crippen molar-refractivity contribution in [3.8, 4) is 0 Å². The van der Waals surface area contributed by atoms with Gasteiger partial charge in [-0.3, -0.25) is 0 Å². The van der Waals surface area contributed by atoms with Crippen molar-refractivity contribution >= 4 is 41.1 Å². The zero-order valence-corrected chi connectivity index (χ0v) is 35.8. The maximum Gasteiger partial charge on any atom is 0.331 e. The van der Waals surface area contributed by atoms with Crippen molar-refractivity contribution in [2.45, 2.75) is 144 Å². The number of aldehydes is 2. The third-order valence-electron chi connectivity index (χ3n) is 11.1. The first-order valence-corrected chi connectivity index (χ1v) is 24.0. The van der Waals surface area contributed by atoms with Crippen LogP contribution in [0.2, 0.25) is 36.3 Å². The standard InChI is InChI=1S/C40H68O8Si2/c1-27-21-17-19-23-34(44)46-36(32(6)38(30(4)26-42)48-50(15,16)40(10,11)12)28(2)22-18-20-24-33(43)45-35(27)31(5)37(29(3)25-41)47-49(13,14)39(7,8)9/h17-32,35-38H,1-16H3/b21-17+,22-18+,23-19+,24-20+/t27-,28-,29+,30+,31+,32+,35-,36-,37-,38-/m0/s1. The number of cyclic esters (lactones) is 2. The Morgan fingerprint density at radius 1 is 0.620 bits per heavy atom. The predicted octanol–water partition coefficient (Wildman–Crippen LogP) is 9.04. The highest BCUT2D eigenvalue weighted by Crippen LogP contribution is 2.41. The molecule has 10 atom stereocenters. The number of hydrogen-bond donors (Lipinski definition) is 0. The van der Waals surface area contributed by atoms with E-state index < -0.39 is 64.8 Å². The molecule has 1 rings (SSSR count). The van der Waals surface area contributed by atoms with E-state index in [0.717, 1.165) is 12.6 Å². The third-order valence-corrected chi connectivity index (χ3v) is 20.0. The van der Waals surface area contributed by atoms with Crippen LogP contribution >= 0.6 is 0 Å². The van der Waals surface area contributed by atoms with Gasteiger partial charge in [0.05, 0.1) is 12.2 Å². The first kappa shape index (κ1) is 45.6. The van der Waals surface area contributed by atoms with Gasteiger partial charge in [0.2, 0.25) is 0 Å². The Bertz CT molecular complexity index is 1160. The fourth-order valence-corrected chi connectivity index (χ4v) is 8.58. The van der Waals surface area contributed by atoms with E-state index in [1.807, 2.05) is 53.7 Å². The molecule has 0 spiro atoms. The minimum absolute atomic E-state index is 0.0793. The maximum absolute atomic E-state index is 13.3. The van der Waals surface area contributed by atoms with Crippen molar-refractivity contribution in [2.75, 3.05) is 0 Å². The summed E-state index contributed by atoms with van der Waals surface area (Å²) < 4.78 is 25.8. The number of allylic oxidation sites excluding steroid dienone is 4. The van der Waals surface area contributed by atoms with Gasteiger partial charge in [0.25, 0.3) is 0 Å². The van der Waals surface area contributed by atoms with Crippen molar-refractivity contribution < 1.29 is 37.5 Å². The number of rotatable bonds is 12. The zero-order valence-electron chi connectivity index (χ0n) is 33.8. The molecule has 0 aromatic carbocycles. The summed E-state index contributed by atoms with van der Waals surface area (Å²) >= 11 is 0. The van der Waals surface area contributed by atoms with Crippen LogP contribution < -0.4 is 0 Å². The SMILES string of the molecule is C[C@@H]([C@@H](O[Si](C)(C)C(C)(C)C)[C@H](C)C=O)[C@H]1OC(=O)/C=C/C=C/[C@H](C)[C@@H]([C@@H](C)[C@@H](O[Si](C)(C)C(C)(C)C)[C@H](C)C=O)OC(=O)/C=C/C=C/[C@@H]1C. The van der Waals surface area contributed by atoms with E-state index in [9.17, 15) is 19.2 Å². The number of ether oxygens (including phenoxy) is 2. The lowest BCUT2D eigenvalue weighted by atomic mass is 9.84. The lowest BCUT2D eigenvalue weighted by Crippen LogP contribution is -2.50. The second-order valence-electron chi connectivity index (χ2n) is 17.4. The number of hydrogen-bond acceptors (Lipinski definition) is 8. The first-order chi connectivity index (χ1) is 22.8. The van der Waals surface area contributed by atoms with E-state index in [2.05, 4.69) is 67.7 Å². The molecule has 8 nitrogen and oxygen atoms in total.